The predicted octanol–water partition coefficient (Wildman–Crippen LogP) is 8.20. The topological polar surface area (TPSA) is 18.5 Å². The molecule has 2 aliphatic carbocycles. The van der Waals surface area contributed by atoms with Crippen LogP contribution >= 0.6 is 0 Å². The molecule has 2 heteroatoms. The van der Waals surface area contributed by atoms with Gasteiger partial charge >= 0.3 is 0 Å². The highest BCUT2D eigenvalue weighted by Gasteiger charge is 2.30. The molecule has 4 aliphatic rings. The first-order chi connectivity index (χ1) is 14.3. The van der Waals surface area contributed by atoms with Crippen LogP contribution in [-0.2, 0) is 9.47 Å². The Morgan fingerprint density at radius 1 is 0.567 bits per heavy atom. The fourth-order valence-electron chi connectivity index (χ4n) is 4.92. The second-order valence-electron chi connectivity index (χ2n) is 11.4. The largest absolute Gasteiger partial charge is 0.375 e. The van der Waals surface area contributed by atoms with E-state index >= 15 is 0 Å². The molecule has 5 atom stereocenters. The van der Waals surface area contributed by atoms with Crippen molar-refractivity contribution in [1.29, 1.82) is 0 Å². The molecule has 0 radical (unpaired) electrons. The first-order valence-electron chi connectivity index (χ1n) is 13.2. The highest BCUT2D eigenvalue weighted by molar-refractivity contribution is 5.02. The highest BCUT2D eigenvalue weighted by atomic mass is 16.5. The summed E-state index contributed by atoms with van der Waals surface area (Å²) in [7, 11) is 0. The van der Waals surface area contributed by atoms with Gasteiger partial charge in [-0.2, -0.15) is 0 Å². The molecule has 2 aliphatic heterocycles. The summed E-state index contributed by atoms with van der Waals surface area (Å²) in [6, 6.07) is 0. The lowest BCUT2D eigenvalue weighted by Crippen LogP contribution is -2.39. The zero-order valence-corrected chi connectivity index (χ0v) is 21.1. The van der Waals surface area contributed by atoms with Crippen molar-refractivity contribution in [3.8, 4) is 0 Å². The van der Waals surface area contributed by atoms with Crippen LogP contribution in [0.2, 0.25) is 0 Å². The molecular weight excluding hydrogens is 368 g/mol. The molecule has 5 unspecified atom stereocenters. The first-order valence-corrected chi connectivity index (χ1v) is 13.2. The molecule has 0 spiro atoms. The highest BCUT2D eigenvalue weighted by Crippen LogP contribution is 2.28. The van der Waals surface area contributed by atoms with E-state index in [1.807, 2.05) is 0 Å². The fourth-order valence-corrected chi connectivity index (χ4v) is 4.92. The van der Waals surface area contributed by atoms with Crippen LogP contribution in [0.3, 0.4) is 0 Å². The fraction of sp³-hybridized carbons (Fsp3) is 0.929. The van der Waals surface area contributed by atoms with E-state index in [2.05, 4.69) is 47.6 Å². The summed E-state index contributed by atoms with van der Waals surface area (Å²) in [6.07, 6.45) is 18.1. The molecular formula is C28H52O2. The molecule has 0 aromatic carbocycles. The van der Waals surface area contributed by atoms with E-state index < -0.39 is 0 Å². The summed E-state index contributed by atoms with van der Waals surface area (Å²) in [4.78, 5) is 0. The average molecular weight is 421 g/mol. The van der Waals surface area contributed by atoms with Crippen LogP contribution < -0.4 is 0 Å². The van der Waals surface area contributed by atoms with Gasteiger partial charge in [-0.3, -0.25) is 0 Å². The van der Waals surface area contributed by atoms with E-state index in [9.17, 15) is 0 Å². The van der Waals surface area contributed by atoms with Gasteiger partial charge in [0.1, 0.15) is 0 Å². The zero-order valence-electron chi connectivity index (χ0n) is 21.1. The molecule has 2 nitrogen and oxygen atoms in total. The van der Waals surface area contributed by atoms with Gasteiger partial charge in [-0.1, -0.05) is 72.0 Å². The lowest BCUT2D eigenvalue weighted by Gasteiger charge is -2.36. The molecule has 2 saturated heterocycles. The third kappa shape index (κ3) is 10.3. The minimum absolute atomic E-state index is 0.388. The number of rotatable bonds is 1. The molecule has 176 valence electrons. The van der Waals surface area contributed by atoms with Crippen molar-refractivity contribution in [2.24, 2.45) is 29.6 Å². The smallest absolute Gasteiger partial charge is 0.0836 e. The van der Waals surface area contributed by atoms with Gasteiger partial charge in [0.25, 0.3) is 0 Å². The quantitative estimate of drug-likeness (QED) is 0.398. The number of allylic oxidation sites excluding steroid dienone is 2. The average Bonchev–Trinajstić information content (AvgIpc) is 2.75. The van der Waals surface area contributed by atoms with E-state index in [0.29, 0.717) is 12.2 Å². The molecule has 2 heterocycles. The zero-order chi connectivity index (χ0) is 21.9. The third-order valence-corrected chi connectivity index (χ3v) is 7.70. The first kappa shape index (κ1) is 25.9. The summed E-state index contributed by atoms with van der Waals surface area (Å²) in [6.45, 7) is 15.7. The summed E-state index contributed by atoms with van der Waals surface area (Å²) in [5, 5.41) is 0. The van der Waals surface area contributed by atoms with Crippen LogP contribution in [-0.4, -0.2) is 25.4 Å². The lowest BCUT2D eigenvalue weighted by atomic mass is 9.84. The SMILES string of the molecule is CC1=CCC(C)CC1.CC1CCC(C)CC1.CC1CCC(C2CCC(C)CO2)OC1. The summed E-state index contributed by atoms with van der Waals surface area (Å²) in [5.74, 6) is 4.47. The van der Waals surface area contributed by atoms with Crippen LogP contribution in [0.5, 0.6) is 0 Å². The van der Waals surface area contributed by atoms with Gasteiger partial charge in [-0.05, 0) is 81.5 Å². The van der Waals surface area contributed by atoms with E-state index in [1.54, 1.807) is 5.57 Å². The number of hydrogen-bond donors (Lipinski definition) is 0. The van der Waals surface area contributed by atoms with Crippen molar-refractivity contribution in [1.82, 2.24) is 0 Å². The van der Waals surface area contributed by atoms with E-state index in [0.717, 1.165) is 42.8 Å². The Morgan fingerprint density at radius 3 is 1.30 bits per heavy atom. The lowest BCUT2D eigenvalue weighted by molar-refractivity contribution is -0.127. The normalized spacial score (nSPS) is 39.5. The van der Waals surface area contributed by atoms with E-state index in [-0.39, 0.29) is 0 Å². The number of ether oxygens (including phenoxy) is 2. The maximum Gasteiger partial charge on any atom is 0.0836 e. The van der Waals surface area contributed by atoms with E-state index in [1.165, 1.54) is 70.6 Å². The summed E-state index contributed by atoms with van der Waals surface area (Å²) < 4.78 is 11.7. The van der Waals surface area contributed by atoms with Gasteiger partial charge in [0, 0.05) is 13.2 Å². The summed E-state index contributed by atoms with van der Waals surface area (Å²) >= 11 is 0. The molecule has 30 heavy (non-hydrogen) atoms. The van der Waals surface area contributed by atoms with Crippen molar-refractivity contribution in [2.75, 3.05) is 13.2 Å². The van der Waals surface area contributed by atoms with Gasteiger partial charge in [0.05, 0.1) is 12.2 Å². The van der Waals surface area contributed by atoms with Crippen molar-refractivity contribution in [3.63, 3.8) is 0 Å². The Balaban J connectivity index is 0.000000172. The molecule has 1 saturated carbocycles. The molecule has 0 bridgehead atoms. The van der Waals surface area contributed by atoms with Gasteiger partial charge in [-0.15, -0.1) is 0 Å². The Labute approximate surface area is 188 Å². The minimum atomic E-state index is 0.388. The molecule has 3 fully saturated rings. The van der Waals surface area contributed by atoms with Crippen LogP contribution in [0.1, 0.15) is 112 Å². The third-order valence-electron chi connectivity index (χ3n) is 7.70. The second-order valence-corrected chi connectivity index (χ2v) is 11.4. The minimum Gasteiger partial charge on any atom is -0.375 e. The van der Waals surface area contributed by atoms with E-state index in [4.69, 9.17) is 9.47 Å². The van der Waals surface area contributed by atoms with Crippen LogP contribution in [0.15, 0.2) is 11.6 Å². The summed E-state index contributed by atoms with van der Waals surface area (Å²) in [5.41, 5.74) is 1.59. The Morgan fingerprint density at radius 2 is 1.00 bits per heavy atom. The maximum absolute atomic E-state index is 5.84. The Bertz CT molecular complexity index is 431. The second kappa shape index (κ2) is 13.9. The Kier molecular flexibility index (Phi) is 12.0. The van der Waals surface area contributed by atoms with Crippen molar-refractivity contribution >= 4 is 0 Å². The maximum atomic E-state index is 5.84. The van der Waals surface area contributed by atoms with Crippen LogP contribution in [0, 0.1) is 29.6 Å². The van der Waals surface area contributed by atoms with Crippen molar-refractivity contribution in [3.05, 3.63) is 11.6 Å². The molecule has 0 aromatic rings. The molecule has 0 aromatic heterocycles. The van der Waals surface area contributed by atoms with Crippen LogP contribution in [0.4, 0.5) is 0 Å². The van der Waals surface area contributed by atoms with Crippen molar-refractivity contribution < 1.29 is 9.47 Å². The Hall–Kier alpha value is -0.340. The van der Waals surface area contributed by atoms with Crippen molar-refractivity contribution in [2.45, 2.75) is 124 Å². The number of hydrogen-bond acceptors (Lipinski definition) is 2. The van der Waals surface area contributed by atoms with Gasteiger partial charge in [-0.25, -0.2) is 0 Å². The van der Waals surface area contributed by atoms with Gasteiger partial charge < -0.3 is 9.47 Å². The monoisotopic (exact) mass is 420 g/mol. The molecule has 0 N–H and O–H groups in total. The predicted molar refractivity (Wildman–Crippen MR) is 130 cm³/mol. The standard InChI is InChI=1S/C12H22O2.C8H16.C8H14/c1-9-3-5-11(13-7-9)12-6-4-10(2)8-14-12;2*1-7-3-5-8(2)6-4-7/h9-12H,3-8H2,1-2H3;7-8H,3-6H2,1-2H3;3,8H,4-6H2,1-2H3. The molecule has 4 rings (SSSR count). The van der Waals surface area contributed by atoms with Crippen LogP contribution in [0.25, 0.3) is 0 Å². The van der Waals surface area contributed by atoms with Gasteiger partial charge in [0.2, 0.25) is 0 Å². The molecule has 0 amide bonds. The van der Waals surface area contributed by atoms with Gasteiger partial charge in [0.15, 0.2) is 0 Å².